The van der Waals surface area contributed by atoms with Gasteiger partial charge in [-0.05, 0) is 37.3 Å². The van der Waals surface area contributed by atoms with Crippen LogP contribution in [0.4, 0.5) is 0 Å². The largest absolute Gasteiger partial charge is 0.376 e. The van der Waals surface area contributed by atoms with Crippen LogP contribution in [0, 0.1) is 12.8 Å². The first-order chi connectivity index (χ1) is 12.7. The summed E-state index contributed by atoms with van der Waals surface area (Å²) in [5.41, 5.74) is 1.64. The first kappa shape index (κ1) is 17.6. The third-order valence-corrected chi connectivity index (χ3v) is 5.85. The third-order valence-electron chi connectivity index (χ3n) is 5.08. The minimum atomic E-state index is 0.0320. The number of pyridine rings is 1. The smallest absolute Gasteiger partial charge is 0.273 e. The van der Waals surface area contributed by atoms with Crippen LogP contribution in [-0.2, 0) is 16.1 Å². The van der Waals surface area contributed by atoms with Crippen LogP contribution in [-0.4, -0.2) is 52.7 Å². The molecule has 0 radical (unpaired) electrons. The Morgan fingerprint density at radius 3 is 3.15 bits per heavy atom. The lowest BCUT2D eigenvalue weighted by atomic mass is 10.1. The summed E-state index contributed by atoms with van der Waals surface area (Å²) in [4.78, 5) is 23.3. The minimum Gasteiger partial charge on any atom is -0.376 e. The number of fused-ring (bicyclic) bond motifs is 1. The van der Waals surface area contributed by atoms with Gasteiger partial charge in [-0.2, -0.15) is 0 Å². The zero-order chi connectivity index (χ0) is 17.9. The van der Waals surface area contributed by atoms with Gasteiger partial charge in [0.25, 0.3) is 5.91 Å². The molecule has 0 bridgehead atoms. The van der Waals surface area contributed by atoms with Crippen LogP contribution >= 0.6 is 11.3 Å². The van der Waals surface area contributed by atoms with Crippen molar-refractivity contribution in [2.24, 2.45) is 5.92 Å². The predicted octanol–water partition coefficient (Wildman–Crippen LogP) is 2.68. The predicted molar refractivity (Wildman–Crippen MR) is 98.0 cm³/mol. The van der Waals surface area contributed by atoms with Crippen molar-refractivity contribution in [3.63, 3.8) is 0 Å². The van der Waals surface area contributed by atoms with Crippen LogP contribution in [0.5, 0.6) is 0 Å². The second kappa shape index (κ2) is 7.82. The van der Waals surface area contributed by atoms with Gasteiger partial charge in [0.2, 0.25) is 0 Å². The highest BCUT2D eigenvalue weighted by molar-refractivity contribution is 7.09. The van der Waals surface area contributed by atoms with E-state index in [1.165, 1.54) is 11.3 Å². The van der Waals surface area contributed by atoms with Crippen molar-refractivity contribution in [3.05, 3.63) is 46.2 Å². The van der Waals surface area contributed by atoms with Crippen LogP contribution in [0.1, 0.15) is 33.9 Å². The number of aromatic nitrogens is 2. The number of hydrogen-bond acceptors (Lipinski definition) is 6. The van der Waals surface area contributed by atoms with E-state index in [1.54, 1.807) is 6.20 Å². The van der Waals surface area contributed by atoms with Gasteiger partial charge in [-0.15, -0.1) is 11.3 Å². The number of ether oxygens (including phenoxy) is 2. The Morgan fingerprint density at radius 1 is 1.46 bits per heavy atom. The highest BCUT2D eigenvalue weighted by Gasteiger charge is 2.43. The van der Waals surface area contributed by atoms with E-state index in [-0.39, 0.29) is 18.1 Å². The fourth-order valence-electron chi connectivity index (χ4n) is 3.87. The first-order valence-corrected chi connectivity index (χ1v) is 9.90. The van der Waals surface area contributed by atoms with Gasteiger partial charge in [-0.1, -0.05) is 6.07 Å². The Morgan fingerprint density at radius 2 is 2.38 bits per heavy atom. The molecule has 1 saturated heterocycles. The topological polar surface area (TPSA) is 64.6 Å². The Kier molecular flexibility index (Phi) is 5.28. The number of rotatable bonds is 5. The Hall–Kier alpha value is -1.83. The maximum atomic E-state index is 12.8. The molecule has 6 nitrogen and oxygen atoms in total. The highest BCUT2D eigenvalue weighted by Crippen LogP contribution is 2.35. The maximum absolute atomic E-state index is 12.8. The quantitative estimate of drug-likeness (QED) is 0.806. The fourth-order valence-corrected chi connectivity index (χ4v) is 4.46. The molecule has 0 N–H and O–H groups in total. The van der Waals surface area contributed by atoms with Crippen molar-refractivity contribution in [2.75, 3.05) is 19.8 Å². The summed E-state index contributed by atoms with van der Waals surface area (Å²) in [6, 6.07) is 4.06. The summed E-state index contributed by atoms with van der Waals surface area (Å²) in [5, 5.41) is 2.78. The molecule has 7 heteroatoms. The second-order valence-electron chi connectivity index (χ2n) is 6.94. The zero-order valence-corrected chi connectivity index (χ0v) is 15.7. The summed E-state index contributed by atoms with van der Waals surface area (Å²) >= 11 is 1.52. The molecule has 2 aromatic rings. The molecule has 2 aliphatic rings. The third kappa shape index (κ3) is 3.79. The molecule has 1 aliphatic heterocycles. The summed E-state index contributed by atoms with van der Waals surface area (Å²) in [5.74, 6) is 0.441. The summed E-state index contributed by atoms with van der Waals surface area (Å²) < 4.78 is 11.8. The number of amides is 1. The average molecular weight is 373 g/mol. The number of morpholine rings is 1. The van der Waals surface area contributed by atoms with Crippen molar-refractivity contribution in [1.29, 1.82) is 0 Å². The fraction of sp³-hybridized carbons (Fsp3) is 0.526. The molecule has 26 heavy (non-hydrogen) atoms. The first-order valence-electron chi connectivity index (χ1n) is 9.02. The molecule has 1 saturated carbocycles. The molecule has 3 heterocycles. The number of aryl methyl sites for hydroxylation is 1. The van der Waals surface area contributed by atoms with E-state index in [0.29, 0.717) is 38.0 Å². The van der Waals surface area contributed by atoms with E-state index in [9.17, 15) is 4.79 Å². The van der Waals surface area contributed by atoms with Crippen LogP contribution in [0.3, 0.4) is 0 Å². The summed E-state index contributed by atoms with van der Waals surface area (Å²) in [7, 11) is 0. The lowest BCUT2D eigenvalue weighted by molar-refractivity contribution is -0.0452. The van der Waals surface area contributed by atoms with Gasteiger partial charge >= 0.3 is 0 Å². The van der Waals surface area contributed by atoms with Gasteiger partial charge < -0.3 is 14.4 Å². The van der Waals surface area contributed by atoms with Crippen molar-refractivity contribution in [1.82, 2.24) is 14.9 Å². The number of carbonyl (C=O) groups excluding carboxylic acids is 1. The minimum absolute atomic E-state index is 0.0320. The normalized spacial score (nSPS) is 25.3. The van der Waals surface area contributed by atoms with Gasteiger partial charge in [0.05, 0.1) is 37.0 Å². The second-order valence-corrected chi connectivity index (χ2v) is 8.00. The van der Waals surface area contributed by atoms with Crippen LogP contribution < -0.4 is 0 Å². The van der Waals surface area contributed by atoms with Crippen LogP contribution in [0.15, 0.2) is 29.9 Å². The monoisotopic (exact) mass is 373 g/mol. The van der Waals surface area contributed by atoms with E-state index in [2.05, 4.69) is 9.97 Å². The van der Waals surface area contributed by atoms with Gasteiger partial charge in [0.1, 0.15) is 5.69 Å². The number of hydrogen-bond donors (Lipinski definition) is 0. The Balaban J connectivity index is 1.34. The molecule has 3 unspecified atom stereocenters. The van der Waals surface area contributed by atoms with Crippen molar-refractivity contribution in [2.45, 2.75) is 38.5 Å². The van der Waals surface area contributed by atoms with Crippen molar-refractivity contribution >= 4 is 17.2 Å². The number of nitrogens with zero attached hydrogens (tertiary/aromatic N) is 3. The lowest BCUT2D eigenvalue weighted by Crippen LogP contribution is -2.51. The number of carbonyl (C=O) groups is 1. The Labute approximate surface area is 157 Å². The molecule has 0 aromatic carbocycles. The molecule has 1 amide bonds. The van der Waals surface area contributed by atoms with E-state index < -0.39 is 0 Å². The molecule has 4 rings (SSSR count). The summed E-state index contributed by atoms with van der Waals surface area (Å²) in [6.07, 6.45) is 5.56. The number of thiazole rings is 1. The summed E-state index contributed by atoms with van der Waals surface area (Å²) in [6.45, 7) is 4.41. The van der Waals surface area contributed by atoms with E-state index in [4.69, 9.17) is 9.47 Å². The van der Waals surface area contributed by atoms with Crippen molar-refractivity contribution in [3.8, 4) is 0 Å². The van der Waals surface area contributed by atoms with Crippen LogP contribution in [0.2, 0.25) is 0 Å². The molecule has 3 atom stereocenters. The maximum Gasteiger partial charge on any atom is 0.273 e. The molecule has 1 aliphatic carbocycles. The SMILES string of the molecule is Cc1nc(C(=O)N2CCOC3CC(COCc4cccnc4)CC32)cs1. The molecular weight excluding hydrogens is 350 g/mol. The molecule has 2 aromatic heterocycles. The Bertz CT molecular complexity index is 751. The van der Waals surface area contributed by atoms with E-state index in [0.717, 1.165) is 23.4 Å². The van der Waals surface area contributed by atoms with Gasteiger partial charge in [0, 0.05) is 24.3 Å². The standard InChI is InChI=1S/C19H23N3O3S/c1-13-21-16(12-26-13)19(23)22-5-6-25-18-8-15(7-17(18)22)11-24-10-14-3-2-4-20-9-14/h2-4,9,12,15,17-18H,5-8,10-11H2,1H3. The lowest BCUT2D eigenvalue weighted by Gasteiger charge is -2.37. The molecular formula is C19H23N3O3S. The van der Waals surface area contributed by atoms with E-state index >= 15 is 0 Å². The zero-order valence-electron chi connectivity index (χ0n) is 14.8. The average Bonchev–Trinajstić information content (AvgIpc) is 3.27. The molecule has 2 fully saturated rings. The molecule has 0 spiro atoms. The van der Waals surface area contributed by atoms with Gasteiger partial charge in [-0.3, -0.25) is 9.78 Å². The van der Waals surface area contributed by atoms with Crippen LogP contribution in [0.25, 0.3) is 0 Å². The van der Waals surface area contributed by atoms with E-state index in [1.807, 2.05) is 35.5 Å². The molecule has 138 valence electrons. The highest BCUT2D eigenvalue weighted by atomic mass is 32.1. The van der Waals surface area contributed by atoms with Gasteiger partial charge in [-0.25, -0.2) is 4.98 Å². The van der Waals surface area contributed by atoms with Gasteiger partial charge in [0.15, 0.2) is 0 Å². The van der Waals surface area contributed by atoms with Crippen molar-refractivity contribution < 1.29 is 14.3 Å².